The second kappa shape index (κ2) is 11.5. The van der Waals surface area contributed by atoms with E-state index in [1.807, 2.05) is 0 Å². The van der Waals surface area contributed by atoms with Gasteiger partial charge in [-0.15, -0.1) is 5.73 Å². The van der Waals surface area contributed by atoms with Crippen LogP contribution in [0.3, 0.4) is 0 Å². The van der Waals surface area contributed by atoms with Crippen molar-refractivity contribution in [3.05, 3.63) is 18.4 Å². The van der Waals surface area contributed by atoms with Gasteiger partial charge >= 0.3 is 7.82 Å². The van der Waals surface area contributed by atoms with E-state index in [4.69, 9.17) is 13.6 Å². The Morgan fingerprint density at radius 1 is 1.16 bits per heavy atom. The fraction of sp³-hybridized carbons (Fsp3) is 0.786. The van der Waals surface area contributed by atoms with Gasteiger partial charge in [-0.3, -0.25) is 13.6 Å². The molecule has 0 aliphatic carbocycles. The van der Waals surface area contributed by atoms with Crippen LogP contribution < -0.4 is 0 Å². The van der Waals surface area contributed by atoms with Gasteiger partial charge in [-0.2, -0.15) is 0 Å². The fourth-order valence-electron chi connectivity index (χ4n) is 1.65. The van der Waals surface area contributed by atoms with E-state index in [-0.39, 0.29) is 19.3 Å². The Morgan fingerprint density at radius 2 is 1.79 bits per heavy atom. The fourth-order valence-corrected chi connectivity index (χ4v) is 2.98. The minimum Gasteiger partial charge on any atom is -0.287 e. The standard InChI is InChI=1S/C14H27O4P/c1-5-9-10-11-13-14(12-6-2)18-19(15,16-7-3)17-8-4/h12,14H,2,5,7-11,13H2,1,3-4H3. The monoisotopic (exact) mass is 290 g/mol. The summed E-state index contributed by atoms with van der Waals surface area (Å²) in [7, 11) is -3.46. The maximum absolute atomic E-state index is 12.3. The zero-order valence-corrected chi connectivity index (χ0v) is 13.3. The van der Waals surface area contributed by atoms with Crippen LogP contribution in [0, 0.1) is 0 Å². The summed E-state index contributed by atoms with van der Waals surface area (Å²) in [4.78, 5) is 0. The second-order valence-electron chi connectivity index (χ2n) is 4.15. The smallest absolute Gasteiger partial charge is 0.287 e. The summed E-state index contributed by atoms with van der Waals surface area (Å²) in [6.07, 6.45) is 6.64. The number of phosphoric ester groups is 1. The highest BCUT2D eigenvalue weighted by molar-refractivity contribution is 7.48. The first-order valence-electron chi connectivity index (χ1n) is 7.05. The van der Waals surface area contributed by atoms with Crippen molar-refractivity contribution < 1.29 is 18.1 Å². The zero-order valence-electron chi connectivity index (χ0n) is 12.4. The normalized spacial score (nSPS) is 13.0. The summed E-state index contributed by atoms with van der Waals surface area (Å²) < 4.78 is 28.0. The van der Waals surface area contributed by atoms with Crippen LogP contribution in [0.2, 0.25) is 0 Å². The van der Waals surface area contributed by atoms with Gasteiger partial charge in [0.25, 0.3) is 0 Å². The molecule has 0 saturated carbocycles. The molecule has 0 aromatic carbocycles. The molecule has 0 amide bonds. The molecule has 5 heteroatoms. The quantitative estimate of drug-likeness (QED) is 0.292. The van der Waals surface area contributed by atoms with Crippen molar-refractivity contribution in [2.24, 2.45) is 0 Å². The van der Waals surface area contributed by atoms with Crippen LogP contribution in [0.15, 0.2) is 18.4 Å². The van der Waals surface area contributed by atoms with Gasteiger partial charge in [-0.25, -0.2) is 4.57 Å². The molecule has 0 rings (SSSR count). The first-order chi connectivity index (χ1) is 9.11. The van der Waals surface area contributed by atoms with E-state index in [0.717, 1.165) is 19.3 Å². The Morgan fingerprint density at radius 3 is 2.26 bits per heavy atom. The first kappa shape index (κ1) is 18.6. The average molecular weight is 290 g/mol. The van der Waals surface area contributed by atoms with E-state index in [0.29, 0.717) is 0 Å². The van der Waals surface area contributed by atoms with Crippen LogP contribution in [0.25, 0.3) is 0 Å². The molecule has 0 saturated heterocycles. The number of hydrogen-bond donors (Lipinski definition) is 0. The van der Waals surface area contributed by atoms with Gasteiger partial charge in [0.1, 0.15) is 0 Å². The lowest BCUT2D eigenvalue weighted by Gasteiger charge is -2.21. The highest BCUT2D eigenvalue weighted by atomic mass is 31.2. The molecule has 0 bridgehead atoms. The van der Waals surface area contributed by atoms with Crippen molar-refractivity contribution in [1.82, 2.24) is 0 Å². The van der Waals surface area contributed by atoms with Gasteiger partial charge in [-0.05, 0) is 26.3 Å². The van der Waals surface area contributed by atoms with Crippen molar-refractivity contribution in [2.45, 2.75) is 59.0 Å². The van der Waals surface area contributed by atoms with Crippen LogP contribution in [-0.2, 0) is 18.1 Å². The SMILES string of the molecule is C=C=CC(CCCCCC)OP(=O)(OCC)OCC. The van der Waals surface area contributed by atoms with Crippen molar-refractivity contribution in [2.75, 3.05) is 13.2 Å². The molecule has 0 spiro atoms. The molecule has 1 atom stereocenters. The third-order valence-corrected chi connectivity index (χ3v) is 4.16. The molecular formula is C14H27O4P. The Bertz CT molecular complexity index is 301. The van der Waals surface area contributed by atoms with Crippen molar-refractivity contribution in [1.29, 1.82) is 0 Å². The maximum atomic E-state index is 12.3. The minimum absolute atomic E-state index is 0.289. The van der Waals surface area contributed by atoms with E-state index in [9.17, 15) is 4.57 Å². The summed E-state index contributed by atoms with van der Waals surface area (Å²) in [5.41, 5.74) is 2.68. The second-order valence-corrected chi connectivity index (χ2v) is 5.77. The van der Waals surface area contributed by atoms with E-state index in [1.165, 1.54) is 12.8 Å². The van der Waals surface area contributed by atoms with Gasteiger partial charge < -0.3 is 0 Å². The summed E-state index contributed by atoms with van der Waals surface area (Å²) in [6, 6.07) is 0. The lowest BCUT2D eigenvalue weighted by atomic mass is 10.1. The molecule has 0 N–H and O–H groups in total. The molecular weight excluding hydrogens is 263 g/mol. The van der Waals surface area contributed by atoms with E-state index in [1.54, 1.807) is 19.9 Å². The Labute approximate surface area is 117 Å². The number of unbranched alkanes of at least 4 members (excludes halogenated alkanes) is 3. The molecule has 0 aromatic heterocycles. The average Bonchev–Trinajstić information content (AvgIpc) is 2.35. The molecule has 0 aliphatic rings. The Kier molecular flexibility index (Phi) is 11.2. The van der Waals surface area contributed by atoms with Crippen LogP contribution in [0.4, 0.5) is 0 Å². The Hall–Kier alpha value is -0.370. The lowest BCUT2D eigenvalue weighted by molar-refractivity contribution is 0.0967. The van der Waals surface area contributed by atoms with E-state index < -0.39 is 7.82 Å². The van der Waals surface area contributed by atoms with E-state index >= 15 is 0 Å². The third-order valence-electron chi connectivity index (χ3n) is 2.48. The van der Waals surface area contributed by atoms with Gasteiger partial charge in [0.05, 0.1) is 19.3 Å². The van der Waals surface area contributed by atoms with Crippen LogP contribution in [-0.4, -0.2) is 19.3 Å². The van der Waals surface area contributed by atoms with Crippen molar-refractivity contribution in [3.63, 3.8) is 0 Å². The van der Waals surface area contributed by atoms with Crippen molar-refractivity contribution >= 4 is 7.82 Å². The van der Waals surface area contributed by atoms with Gasteiger partial charge in [0.15, 0.2) is 0 Å². The largest absolute Gasteiger partial charge is 0.475 e. The van der Waals surface area contributed by atoms with E-state index in [2.05, 4.69) is 19.2 Å². The Balaban J connectivity index is 4.43. The molecule has 0 heterocycles. The third kappa shape index (κ3) is 9.21. The highest BCUT2D eigenvalue weighted by Crippen LogP contribution is 2.50. The predicted octanol–water partition coefficient (Wildman–Crippen LogP) is 4.86. The van der Waals surface area contributed by atoms with Crippen LogP contribution in [0.1, 0.15) is 52.9 Å². The molecule has 0 aromatic rings. The molecule has 0 radical (unpaired) electrons. The molecule has 112 valence electrons. The molecule has 0 aliphatic heterocycles. The maximum Gasteiger partial charge on any atom is 0.475 e. The zero-order chi connectivity index (χ0) is 14.6. The summed E-state index contributed by atoms with van der Waals surface area (Å²) in [5.74, 6) is 0. The van der Waals surface area contributed by atoms with Crippen molar-refractivity contribution in [3.8, 4) is 0 Å². The van der Waals surface area contributed by atoms with Gasteiger partial charge in [0, 0.05) is 0 Å². The molecule has 1 unspecified atom stereocenters. The van der Waals surface area contributed by atoms with Gasteiger partial charge in [0.2, 0.25) is 0 Å². The minimum atomic E-state index is -3.46. The predicted molar refractivity (Wildman–Crippen MR) is 78.2 cm³/mol. The summed E-state index contributed by atoms with van der Waals surface area (Å²) in [5, 5.41) is 0. The molecule has 4 nitrogen and oxygen atoms in total. The summed E-state index contributed by atoms with van der Waals surface area (Å²) in [6.45, 7) is 9.79. The lowest BCUT2D eigenvalue weighted by Crippen LogP contribution is -2.11. The molecule has 19 heavy (non-hydrogen) atoms. The van der Waals surface area contributed by atoms with Crippen LogP contribution >= 0.6 is 7.82 Å². The number of hydrogen-bond acceptors (Lipinski definition) is 4. The van der Waals surface area contributed by atoms with Gasteiger partial charge in [-0.1, -0.05) is 39.2 Å². The number of phosphoric acid groups is 1. The van der Waals surface area contributed by atoms with Crippen LogP contribution in [0.5, 0.6) is 0 Å². The topological polar surface area (TPSA) is 44.8 Å². The number of rotatable bonds is 12. The first-order valence-corrected chi connectivity index (χ1v) is 8.51. The molecule has 0 fully saturated rings. The summed E-state index contributed by atoms with van der Waals surface area (Å²) >= 11 is 0. The highest BCUT2D eigenvalue weighted by Gasteiger charge is 2.28.